The minimum atomic E-state index is 0.0427. The molecule has 0 spiro atoms. The van der Waals surface area contributed by atoms with Gasteiger partial charge in [-0.2, -0.15) is 0 Å². The topological polar surface area (TPSA) is 47.4 Å². The van der Waals surface area contributed by atoms with Gasteiger partial charge in [0, 0.05) is 31.9 Å². The van der Waals surface area contributed by atoms with Gasteiger partial charge in [0.2, 0.25) is 0 Å². The molecular weight excluding hydrogens is 314 g/mol. The third-order valence-electron chi connectivity index (χ3n) is 4.62. The standard InChI is InChI=1S/C20H27N3O2/c1-4-19-21-11-13-23(19)16-8-7-12-22(14-16)20(24)17-9-5-6-10-18(17)25-15(2)3/h5-6,9-11,13,15-16H,4,7-8,12,14H2,1-3H3. The second kappa shape index (κ2) is 7.72. The largest absolute Gasteiger partial charge is 0.490 e. The fraction of sp³-hybridized carbons (Fsp3) is 0.500. The summed E-state index contributed by atoms with van der Waals surface area (Å²) >= 11 is 0. The number of nitrogens with zero attached hydrogens (tertiary/aromatic N) is 3. The average Bonchev–Trinajstić information content (AvgIpc) is 3.10. The Kier molecular flexibility index (Phi) is 5.41. The predicted octanol–water partition coefficient (Wildman–Crippen LogP) is 3.71. The lowest BCUT2D eigenvalue weighted by molar-refractivity contribution is 0.0672. The number of rotatable bonds is 5. The molecule has 0 N–H and O–H groups in total. The number of piperidine rings is 1. The number of amides is 1. The summed E-state index contributed by atoms with van der Waals surface area (Å²) in [5, 5.41) is 0. The SMILES string of the molecule is CCc1nccn1C1CCCN(C(=O)c2ccccc2OC(C)C)C1. The molecule has 1 atom stereocenters. The summed E-state index contributed by atoms with van der Waals surface area (Å²) in [7, 11) is 0. The van der Waals surface area contributed by atoms with E-state index in [2.05, 4.69) is 16.5 Å². The van der Waals surface area contributed by atoms with Crippen molar-refractivity contribution < 1.29 is 9.53 Å². The molecule has 1 aromatic heterocycles. The number of benzene rings is 1. The van der Waals surface area contributed by atoms with Crippen molar-refractivity contribution in [3.8, 4) is 5.75 Å². The smallest absolute Gasteiger partial charge is 0.257 e. The lowest BCUT2D eigenvalue weighted by atomic mass is 10.0. The van der Waals surface area contributed by atoms with Gasteiger partial charge in [0.25, 0.3) is 5.91 Å². The number of hydrogen-bond donors (Lipinski definition) is 0. The number of hydrogen-bond acceptors (Lipinski definition) is 3. The number of para-hydroxylation sites is 1. The Morgan fingerprint density at radius 1 is 1.36 bits per heavy atom. The molecule has 5 nitrogen and oxygen atoms in total. The highest BCUT2D eigenvalue weighted by molar-refractivity contribution is 5.97. The zero-order chi connectivity index (χ0) is 17.8. The van der Waals surface area contributed by atoms with E-state index in [0.717, 1.165) is 38.2 Å². The van der Waals surface area contributed by atoms with E-state index in [-0.39, 0.29) is 12.0 Å². The Morgan fingerprint density at radius 2 is 2.16 bits per heavy atom. The Morgan fingerprint density at radius 3 is 2.92 bits per heavy atom. The number of aromatic nitrogens is 2. The lowest BCUT2D eigenvalue weighted by Crippen LogP contribution is -2.41. The van der Waals surface area contributed by atoms with Crippen LogP contribution in [0.5, 0.6) is 5.75 Å². The normalized spacial score (nSPS) is 17.8. The van der Waals surface area contributed by atoms with Gasteiger partial charge in [-0.15, -0.1) is 0 Å². The monoisotopic (exact) mass is 341 g/mol. The van der Waals surface area contributed by atoms with Crippen LogP contribution in [0.15, 0.2) is 36.7 Å². The summed E-state index contributed by atoms with van der Waals surface area (Å²) in [6, 6.07) is 7.84. The van der Waals surface area contributed by atoms with E-state index < -0.39 is 0 Å². The van der Waals surface area contributed by atoms with Crippen LogP contribution >= 0.6 is 0 Å². The van der Waals surface area contributed by atoms with Gasteiger partial charge in [0.15, 0.2) is 0 Å². The fourth-order valence-corrected chi connectivity index (χ4v) is 3.49. The predicted molar refractivity (Wildman–Crippen MR) is 98.0 cm³/mol. The molecule has 2 heterocycles. The first-order chi connectivity index (χ1) is 12.1. The van der Waals surface area contributed by atoms with Gasteiger partial charge in [-0.1, -0.05) is 19.1 Å². The minimum absolute atomic E-state index is 0.0427. The van der Waals surface area contributed by atoms with Gasteiger partial charge >= 0.3 is 0 Å². The van der Waals surface area contributed by atoms with Crippen LogP contribution in [0.25, 0.3) is 0 Å². The second-order valence-electron chi connectivity index (χ2n) is 6.81. The number of aryl methyl sites for hydroxylation is 1. The molecule has 1 saturated heterocycles. The zero-order valence-corrected chi connectivity index (χ0v) is 15.3. The molecule has 0 bridgehead atoms. The maximum atomic E-state index is 13.1. The van der Waals surface area contributed by atoms with Crippen molar-refractivity contribution in [2.45, 2.75) is 52.2 Å². The van der Waals surface area contributed by atoms with Crippen LogP contribution < -0.4 is 4.74 Å². The van der Waals surface area contributed by atoms with E-state index in [1.807, 2.05) is 55.4 Å². The first-order valence-corrected chi connectivity index (χ1v) is 9.16. The molecule has 1 aromatic carbocycles. The number of ether oxygens (including phenoxy) is 1. The molecule has 134 valence electrons. The van der Waals surface area contributed by atoms with Crippen LogP contribution in [0, 0.1) is 0 Å². The molecule has 1 fully saturated rings. The third kappa shape index (κ3) is 3.86. The highest BCUT2D eigenvalue weighted by Crippen LogP contribution is 2.27. The second-order valence-corrected chi connectivity index (χ2v) is 6.81. The number of carbonyl (C=O) groups is 1. The highest BCUT2D eigenvalue weighted by Gasteiger charge is 2.27. The van der Waals surface area contributed by atoms with E-state index in [4.69, 9.17) is 4.74 Å². The van der Waals surface area contributed by atoms with E-state index >= 15 is 0 Å². The fourth-order valence-electron chi connectivity index (χ4n) is 3.49. The van der Waals surface area contributed by atoms with E-state index in [1.54, 1.807) is 0 Å². The van der Waals surface area contributed by atoms with Gasteiger partial charge in [0.1, 0.15) is 11.6 Å². The molecule has 3 rings (SSSR count). The van der Waals surface area contributed by atoms with Crippen molar-refractivity contribution >= 4 is 5.91 Å². The van der Waals surface area contributed by atoms with Crippen LogP contribution in [-0.2, 0) is 6.42 Å². The Bertz CT molecular complexity index is 723. The molecule has 5 heteroatoms. The van der Waals surface area contributed by atoms with Gasteiger partial charge in [-0.05, 0) is 38.8 Å². The first-order valence-electron chi connectivity index (χ1n) is 9.16. The van der Waals surface area contributed by atoms with Crippen LogP contribution in [0.4, 0.5) is 0 Å². The number of likely N-dealkylation sites (tertiary alicyclic amines) is 1. The van der Waals surface area contributed by atoms with Gasteiger partial charge in [0.05, 0.1) is 17.7 Å². The van der Waals surface area contributed by atoms with Crippen molar-refractivity contribution in [2.75, 3.05) is 13.1 Å². The summed E-state index contributed by atoms with van der Waals surface area (Å²) < 4.78 is 8.06. The van der Waals surface area contributed by atoms with Crippen LogP contribution in [-0.4, -0.2) is 39.6 Å². The van der Waals surface area contributed by atoms with Crippen molar-refractivity contribution in [2.24, 2.45) is 0 Å². The van der Waals surface area contributed by atoms with Gasteiger partial charge < -0.3 is 14.2 Å². The van der Waals surface area contributed by atoms with E-state index in [9.17, 15) is 4.79 Å². The maximum Gasteiger partial charge on any atom is 0.257 e. The van der Waals surface area contributed by atoms with Crippen molar-refractivity contribution in [3.63, 3.8) is 0 Å². The molecule has 2 aromatic rings. The Balaban J connectivity index is 1.79. The van der Waals surface area contributed by atoms with Crippen LogP contribution in [0.3, 0.4) is 0 Å². The van der Waals surface area contributed by atoms with Crippen LogP contribution in [0.2, 0.25) is 0 Å². The molecule has 0 radical (unpaired) electrons. The van der Waals surface area contributed by atoms with Crippen LogP contribution in [0.1, 0.15) is 55.8 Å². The van der Waals surface area contributed by atoms with Gasteiger partial charge in [-0.25, -0.2) is 4.98 Å². The molecule has 1 aliphatic heterocycles. The van der Waals surface area contributed by atoms with Crippen molar-refractivity contribution in [1.82, 2.24) is 14.5 Å². The Labute approximate surface area is 149 Å². The molecule has 25 heavy (non-hydrogen) atoms. The number of carbonyl (C=O) groups excluding carboxylic acids is 1. The molecule has 1 amide bonds. The lowest BCUT2D eigenvalue weighted by Gasteiger charge is -2.34. The first kappa shape index (κ1) is 17.5. The van der Waals surface area contributed by atoms with E-state index in [0.29, 0.717) is 17.4 Å². The molecule has 0 saturated carbocycles. The third-order valence-corrected chi connectivity index (χ3v) is 4.62. The summed E-state index contributed by atoms with van der Waals surface area (Å²) in [5.74, 6) is 1.81. The maximum absolute atomic E-state index is 13.1. The van der Waals surface area contributed by atoms with Crippen molar-refractivity contribution in [1.29, 1.82) is 0 Å². The molecule has 0 aliphatic carbocycles. The average molecular weight is 341 g/mol. The van der Waals surface area contributed by atoms with Crippen molar-refractivity contribution in [3.05, 3.63) is 48.0 Å². The minimum Gasteiger partial charge on any atom is -0.490 e. The summed E-state index contributed by atoms with van der Waals surface area (Å²) in [6.45, 7) is 7.58. The Hall–Kier alpha value is -2.30. The highest BCUT2D eigenvalue weighted by atomic mass is 16.5. The quantitative estimate of drug-likeness (QED) is 0.833. The summed E-state index contributed by atoms with van der Waals surface area (Å²) in [6.07, 6.45) is 6.92. The molecular formula is C20H27N3O2. The zero-order valence-electron chi connectivity index (χ0n) is 15.3. The van der Waals surface area contributed by atoms with E-state index in [1.165, 1.54) is 0 Å². The van der Waals surface area contributed by atoms with Gasteiger partial charge in [-0.3, -0.25) is 4.79 Å². The number of imidazole rings is 1. The molecule has 1 unspecified atom stereocenters. The summed E-state index contributed by atoms with van der Waals surface area (Å²) in [4.78, 5) is 19.5. The molecule has 1 aliphatic rings. The summed E-state index contributed by atoms with van der Waals surface area (Å²) in [5.41, 5.74) is 0.651.